The Labute approximate surface area is 86.7 Å². The second-order valence-corrected chi connectivity index (χ2v) is 3.44. The Morgan fingerprint density at radius 3 is 2.69 bits per heavy atom. The molecule has 1 amide bonds. The van der Waals surface area contributed by atoms with Gasteiger partial charge >= 0.3 is 6.09 Å². The SMILES string of the molecule is NC(=O)Oc1c(F)cc(Br)cc1Cl. The summed E-state index contributed by atoms with van der Waals surface area (Å²) < 4.78 is 17.8. The molecule has 0 aliphatic heterocycles. The van der Waals surface area contributed by atoms with Gasteiger partial charge in [0.25, 0.3) is 0 Å². The summed E-state index contributed by atoms with van der Waals surface area (Å²) in [7, 11) is 0. The lowest BCUT2D eigenvalue weighted by Gasteiger charge is -2.04. The third-order valence-corrected chi connectivity index (χ3v) is 1.90. The van der Waals surface area contributed by atoms with Crippen molar-refractivity contribution in [2.24, 2.45) is 5.73 Å². The summed E-state index contributed by atoms with van der Waals surface area (Å²) in [6, 6.07) is 2.51. The van der Waals surface area contributed by atoms with Crippen molar-refractivity contribution in [3.8, 4) is 5.75 Å². The zero-order valence-corrected chi connectivity index (χ0v) is 8.52. The molecule has 0 fully saturated rings. The van der Waals surface area contributed by atoms with E-state index < -0.39 is 11.9 Å². The van der Waals surface area contributed by atoms with Crippen LogP contribution in [-0.4, -0.2) is 6.09 Å². The third kappa shape index (κ3) is 2.57. The number of halogens is 3. The molecule has 0 unspecified atom stereocenters. The Hall–Kier alpha value is -0.810. The van der Waals surface area contributed by atoms with Gasteiger partial charge in [-0.2, -0.15) is 0 Å². The molecule has 1 aromatic carbocycles. The first-order chi connectivity index (χ1) is 6.00. The molecule has 0 bridgehead atoms. The Kier molecular flexibility index (Phi) is 3.11. The number of ether oxygens (including phenoxy) is 1. The fraction of sp³-hybridized carbons (Fsp3) is 0. The minimum Gasteiger partial charge on any atom is -0.406 e. The van der Waals surface area contributed by atoms with Crippen LogP contribution in [0.15, 0.2) is 16.6 Å². The number of hydrogen-bond donors (Lipinski definition) is 1. The van der Waals surface area contributed by atoms with Crippen LogP contribution in [0.2, 0.25) is 5.02 Å². The van der Waals surface area contributed by atoms with E-state index in [2.05, 4.69) is 20.7 Å². The van der Waals surface area contributed by atoms with Gasteiger partial charge < -0.3 is 10.5 Å². The van der Waals surface area contributed by atoms with Gasteiger partial charge in [-0.3, -0.25) is 0 Å². The van der Waals surface area contributed by atoms with Crippen molar-refractivity contribution in [2.45, 2.75) is 0 Å². The molecule has 0 saturated carbocycles. The van der Waals surface area contributed by atoms with Crippen molar-refractivity contribution < 1.29 is 13.9 Å². The molecule has 0 saturated heterocycles. The smallest absolute Gasteiger partial charge is 0.406 e. The molecule has 0 radical (unpaired) electrons. The topological polar surface area (TPSA) is 52.3 Å². The Balaban J connectivity index is 3.13. The zero-order chi connectivity index (χ0) is 10.0. The van der Waals surface area contributed by atoms with Crippen LogP contribution in [0.25, 0.3) is 0 Å². The molecule has 1 rings (SSSR count). The number of carbonyl (C=O) groups excluding carboxylic acids is 1. The summed E-state index contributed by atoms with van der Waals surface area (Å²) in [5, 5.41) is -0.0225. The molecule has 0 aromatic heterocycles. The second kappa shape index (κ2) is 3.93. The van der Waals surface area contributed by atoms with Crippen molar-refractivity contribution in [1.29, 1.82) is 0 Å². The van der Waals surface area contributed by atoms with Gasteiger partial charge in [-0.25, -0.2) is 9.18 Å². The fourth-order valence-corrected chi connectivity index (χ4v) is 1.54. The number of benzene rings is 1. The molecule has 3 nitrogen and oxygen atoms in total. The molecule has 0 aliphatic carbocycles. The van der Waals surface area contributed by atoms with Crippen molar-refractivity contribution in [3.05, 3.63) is 27.4 Å². The van der Waals surface area contributed by atoms with Gasteiger partial charge in [-0.15, -0.1) is 0 Å². The normalized spacial score (nSPS) is 9.77. The predicted molar refractivity (Wildman–Crippen MR) is 49.3 cm³/mol. The van der Waals surface area contributed by atoms with Crippen LogP contribution in [0.4, 0.5) is 9.18 Å². The maximum Gasteiger partial charge on any atom is 0.410 e. The monoisotopic (exact) mass is 267 g/mol. The van der Waals surface area contributed by atoms with E-state index in [1.807, 2.05) is 0 Å². The Morgan fingerprint density at radius 1 is 1.62 bits per heavy atom. The third-order valence-electron chi connectivity index (χ3n) is 1.17. The minimum absolute atomic E-state index is 0.0225. The van der Waals surface area contributed by atoms with Gasteiger partial charge in [0.2, 0.25) is 0 Å². The first-order valence-corrected chi connectivity index (χ1v) is 4.29. The average molecular weight is 268 g/mol. The van der Waals surface area contributed by atoms with Crippen LogP contribution in [0.1, 0.15) is 0 Å². The number of amides is 1. The van der Waals surface area contributed by atoms with Gasteiger partial charge in [0.05, 0.1) is 5.02 Å². The van der Waals surface area contributed by atoms with E-state index >= 15 is 0 Å². The predicted octanol–water partition coefficient (Wildman–Crippen LogP) is 2.70. The summed E-state index contributed by atoms with van der Waals surface area (Å²) in [4.78, 5) is 10.3. The molecule has 2 N–H and O–H groups in total. The average Bonchev–Trinajstić information content (AvgIpc) is 1.96. The second-order valence-electron chi connectivity index (χ2n) is 2.12. The van der Waals surface area contributed by atoms with Crippen LogP contribution in [0.3, 0.4) is 0 Å². The summed E-state index contributed by atoms with van der Waals surface area (Å²) in [6.07, 6.45) is -1.11. The summed E-state index contributed by atoms with van der Waals surface area (Å²) in [5.41, 5.74) is 4.70. The molecular weight excluding hydrogens is 264 g/mol. The van der Waals surface area contributed by atoms with Crippen LogP contribution >= 0.6 is 27.5 Å². The van der Waals surface area contributed by atoms with Crippen molar-refractivity contribution in [1.82, 2.24) is 0 Å². The highest BCUT2D eigenvalue weighted by Gasteiger charge is 2.12. The molecule has 1 aromatic rings. The highest BCUT2D eigenvalue weighted by Crippen LogP contribution is 2.31. The Morgan fingerprint density at radius 2 is 2.23 bits per heavy atom. The minimum atomic E-state index is -1.11. The quantitative estimate of drug-likeness (QED) is 0.851. The summed E-state index contributed by atoms with van der Waals surface area (Å²) in [5.74, 6) is -1.12. The van der Waals surface area contributed by atoms with Gasteiger partial charge in [-0.05, 0) is 12.1 Å². The number of nitrogens with two attached hydrogens (primary N) is 1. The van der Waals surface area contributed by atoms with E-state index in [1.165, 1.54) is 6.07 Å². The zero-order valence-electron chi connectivity index (χ0n) is 6.18. The lowest BCUT2D eigenvalue weighted by Crippen LogP contribution is -2.17. The number of primary amides is 1. The summed E-state index contributed by atoms with van der Waals surface area (Å²) >= 11 is 8.59. The van der Waals surface area contributed by atoms with E-state index in [4.69, 9.17) is 17.3 Å². The van der Waals surface area contributed by atoms with Gasteiger partial charge in [0, 0.05) is 4.47 Å². The van der Waals surface area contributed by atoms with Crippen LogP contribution in [0, 0.1) is 5.82 Å². The molecule has 0 aliphatic rings. The highest BCUT2D eigenvalue weighted by molar-refractivity contribution is 9.10. The molecule has 0 atom stereocenters. The number of carbonyl (C=O) groups is 1. The lowest BCUT2D eigenvalue weighted by molar-refractivity contribution is 0.208. The fourth-order valence-electron chi connectivity index (χ4n) is 0.727. The number of rotatable bonds is 1. The molecule has 6 heteroatoms. The lowest BCUT2D eigenvalue weighted by atomic mass is 10.3. The number of hydrogen-bond acceptors (Lipinski definition) is 2. The van der Waals surface area contributed by atoms with Crippen LogP contribution in [0.5, 0.6) is 5.75 Å². The van der Waals surface area contributed by atoms with Crippen molar-refractivity contribution >= 4 is 33.6 Å². The van der Waals surface area contributed by atoms with Crippen LogP contribution in [-0.2, 0) is 0 Å². The maximum absolute atomic E-state index is 13.0. The largest absolute Gasteiger partial charge is 0.410 e. The molecule has 0 spiro atoms. The molecule has 0 heterocycles. The van der Waals surface area contributed by atoms with Crippen molar-refractivity contribution in [3.63, 3.8) is 0 Å². The van der Waals surface area contributed by atoms with E-state index in [0.29, 0.717) is 4.47 Å². The first-order valence-electron chi connectivity index (χ1n) is 3.12. The van der Waals surface area contributed by atoms with E-state index in [9.17, 15) is 9.18 Å². The van der Waals surface area contributed by atoms with Gasteiger partial charge in [0.1, 0.15) is 0 Å². The summed E-state index contributed by atoms with van der Waals surface area (Å²) in [6.45, 7) is 0. The first kappa shape index (κ1) is 10.3. The van der Waals surface area contributed by atoms with E-state index in [-0.39, 0.29) is 10.8 Å². The molecule has 70 valence electrons. The molecule has 13 heavy (non-hydrogen) atoms. The highest BCUT2D eigenvalue weighted by atomic mass is 79.9. The van der Waals surface area contributed by atoms with E-state index in [0.717, 1.165) is 6.07 Å². The Bertz CT molecular complexity index is 335. The van der Waals surface area contributed by atoms with Crippen molar-refractivity contribution in [2.75, 3.05) is 0 Å². The maximum atomic E-state index is 13.0. The van der Waals surface area contributed by atoms with E-state index in [1.54, 1.807) is 0 Å². The van der Waals surface area contributed by atoms with Gasteiger partial charge in [0.15, 0.2) is 11.6 Å². The van der Waals surface area contributed by atoms with Gasteiger partial charge in [-0.1, -0.05) is 27.5 Å². The van der Waals surface area contributed by atoms with Crippen LogP contribution < -0.4 is 10.5 Å². The molecular formula is C7H4BrClFNO2. The standard InChI is InChI=1S/C7H4BrClFNO2/c8-3-1-4(9)6(5(10)2-3)13-7(11)12/h1-2H,(H2,11,12).